The lowest BCUT2D eigenvalue weighted by Gasteiger charge is -2.05. The SMILES string of the molecule is CCn1cc(NC(=O)/C=C/c2ccc([N+](=O)[O-])o2)c(C(=O)Nc2ccccc2)n1. The predicted molar refractivity (Wildman–Crippen MR) is 105 cm³/mol. The lowest BCUT2D eigenvalue weighted by Crippen LogP contribution is -2.17. The number of aromatic nitrogens is 2. The quantitative estimate of drug-likeness (QED) is 0.358. The number of nitro groups is 1. The number of carbonyl (C=O) groups excluding carboxylic acids is 2. The molecule has 10 nitrogen and oxygen atoms in total. The van der Waals surface area contributed by atoms with Crippen molar-refractivity contribution < 1.29 is 18.9 Å². The van der Waals surface area contributed by atoms with Crippen molar-refractivity contribution in [2.24, 2.45) is 0 Å². The maximum Gasteiger partial charge on any atom is 0.433 e. The van der Waals surface area contributed by atoms with E-state index in [0.29, 0.717) is 12.2 Å². The van der Waals surface area contributed by atoms with Crippen molar-refractivity contribution >= 4 is 35.1 Å². The third-order valence-electron chi connectivity index (χ3n) is 3.78. The van der Waals surface area contributed by atoms with Gasteiger partial charge in [0.2, 0.25) is 5.91 Å². The zero-order valence-electron chi connectivity index (χ0n) is 15.4. The molecule has 148 valence electrons. The highest BCUT2D eigenvalue weighted by molar-refractivity contribution is 6.10. The Morgan fingerprint density at radius 1 is 1.21 bits per heavy atom. The van der Waals surface area contributed by atoms with Gasteiger partial charge in [-0.3, -0.25) is 24.4 Å². The molecule has 3 rings (SSSR count). The van der Waals surface area contributed by atoms with Gasteiger partial charge in [0.1, 0.15) is 10.7 Å². The topological polar surface area (TPSA) is 132 Å². The van der Waals surface area contributed by atoms with Gasteiger partial charge < -0.3 is 15.1 Å². The number of anilines is 2. The van der Waals surface area contributed by atoms with Crippen LogP contribution in [0.2, 0.25) is 0 Å². The van der Waals surface area contributed by atoms with Crippen molar-refractivity contribution in [1.29, 1.82) is 0 Å². The van der Waals surface area contributed by atoms with Crippen LogP contribution in [0.5, 0.6) is 0 Å². The number of nitrogens with one attached hydrogen (secondary N) is 2. The van der Waals surface area contributed by atoms with E-state index in [1.54, 1.807) is 30.5 Å². The first-order chi connectivity index (χ1) is 14.0. The monoisotopic (exact) mass is 395 g/mol. The Hall–Kier alpha value is -4.21. The molecule has 0 radical (unpaired) electrons. The molecule has 0 aliphatic heterocycles. The van der Waals surface area contributed by atoms with Gasteiger partial charge in [0.15, 0.2) is 5.69 Å². The fraction of sp³-hybridized carbons (Fsp3) is 0.105. The van der Waals surface area contributed by atoms with E-state index in [9.17, 15) is 19.7 Å². The summed E-state index contributed by atoms with van der Waals surface area (Å²) in [6.45, 7) is 2.36. The number of nitrogens with zero attached hydrogens (tertiary/aromatic N) is 3. The number of rotatable bonds is 7. The Morgan fingerprint density at radius 2 is 1.97 bits per heavy atom. The molecule has 29 heavy (non-hydrogen) atoms. The first kappa shape index (κ1) is 19.5. The minimum Gasteiger partial charge on any atom is -0.401 e. The summed E-state index contributed by atoms with van der Waals surface area (Å²) in [7, 11) is 0. The third-order valence-corrected chi connectivity index (χ3v) is 3.78. The molecule has 2 aromatic heterocycles. The van der Waals surface area contributed by atoms with Crippen molar-refractivity contribution in [3.05, 3.63) is 76.3 Å². The molecule has 2 amide bonds. The molecular weight excluding hydrogens is 378 g/mol. The number of hydrogen-bond acceptors (Lipinski definition) is 6. The van der Waals surface area contributed by atoms with Crippen LogP contribution in [0.4, 0.5) is 17.3 Å². The van der Waals surface area contributed by atoms with Gasteiger partial charge in [0.05, 0.1) is 11.8 Å². The van der Waals surface area contributed by atoms with E-state index in [4.69, 9.17) is 4.42 Å². The molecule has 0 aliphatic rings. The molecule has 2 heterocycles. The second-order valence-corrected chi connectivity index (χ2v) is 5.82. The number of furan rings is 1. The van der Waals surface area contributed by atoms with Crippen LogP contribution in [0.1, 0.15) is 23.2 Å². The number of benzene rings is 1. The van der Waals surface area contributed by atoms with Crippen molar-refractivity contribution in [2.75, 3.05) is 10.6 Å². The van der Waals surface area contributed by atoms with E-state index >= 15 is 0 Å². The summed E-state index contributed by atoms with van der Waals surface area (Å²) in [5, 5.41) is 20.1. The second-order valence-electron chi connectivity index (χ2n) is 5.82. The Morgan fingerprint density at radius 3 is 2.62 bits per heavy atom. The lowest BCUT2D eigenvalue weighted by atomic mass is 10.3. The molecule has 0 saturated carbocycles. The van der Waals surface area contributed by atoms with Gasteiger partial charge in [-0.2, -0.15) is 5.10 Å². The molecule has 0 bridgehead atoms. The van der Waals surface area contributed by atoms with Crippen LogP contribution >= 0.6 is 0 Å². The minimum absolute atomic E-state index is 0.0612. The maximum atomic E-state index is 12.6. The van der Waals surface area contributed by atoms with Crippen LogP contribution in [0.3, 0.4) is 0 Å². The number of hydrogen-bond donors (Lipinski definition) is 2. The summed E-state index contributed by atoms with van der Waals surface area (Å²) in [6.07, 6.45) is 3.98. The van der Waals surface area contributed by atoms with Crippen molar-refractivity contribution in [1.82, 2.24) is 9.78 Å². The molecular formula is C19H17N5O5. The molecule has 10 heteroatoms. The van der Waals surface area contributed by atoms with E-state index in [1.807, 2.05) is 13.0 Å². The smallest absolute Gasteiger partial charge is 0.401 e. The van der Waals surface area contributed by atoms with Gasteiger partial charge in [0.25, 0.3) is 5.91 Å². The summed E-state index contributed by atoms with van der Waals surface area (Å²) in [5.41, 5.74) is 0.895. The molecule has 0 atom stereocenters. The average molecular weight is 395 g/mol. The van der Waals surface area contributed by atoms with Gasteiger partial charge in [-0.15, -0.1) is 0 Å². The Kier molecular flexibility index (Phi) is 5.83. The normalized spacial score (nSPS) is 10.8. The largest absolute Gasteiger partial charge is 0.433 e. The third kappa shape index (κ3) is 4.95. The van der Waals surface area contributed by atoms with Crippen LogP contribution in [-0.4, -0.2) is 26.5 Å². The first-order valence-electron chi connectivity index (χ1n) is 8.63. The van der Waals surface area contributed by atoms with Crippen molar-refractivity contribution in [3.8, 4) is 0 Å². The zero-order chi connectivity index (χ0) is 20.8. The fourth-order valence-corrected chi connectivity index (χ4v) is 2.42. The minimum atomic E-state index is -0.672. The number of carbonyl (C=O) groups is 2. The predicted octanol–water partition coefficient (Wildman–Crippen LogP) is 3.31. The van der Waals surface area contributed by atoms with E-state index < -0.39 is 22.6 Å². The fourth-order valence-electron chi connectivity index (χ4n) is 2.42. The summed E-state index contributed by atoms with van der Waals surface area (Å²) in [5.74, 6) is -1.29. The van der Waals surface area contributed by atoms with Crippen LogP contribution in [0, 0.1) is 10.1 Å². The van der Waals surface area contributed by atoms with Crippen LogP contribution in [-0.2, 0) is 11.3 Å². The Bertz CT molecular complexity index is 1070. The van der Waals surface area contributed by atoms with Crippen molar-refractivity contribution in [3.63, 3.8) is 0 Å². The summed E-state index contributed by atoms with van der Waals surface area (Å²) in [6, 6.07) is 11.4. The molecule has 0 fully saturated rings. The van der Waals surface area contributed by atoms with E-state index in [1.165, 1.54) is 22.9 Å². The second kappa shape index (κ2) is 8.65. The number of aryl methyl sites for hydroxylation is 1. The molecule has 0 spiro atoms. The molecule has 2 N–H and O–H groups in total. The summed E-state index contributed by atoms with van der Waals surface area (Å²) >= 11 is 0. The zero-order valence-corrected chi connectivity index (χ0v) is 15.4. The standard InChI is InChI=1S/C19H17N5O5/c1-2-23-12-15(18(22-23)19(26)20-13-6-4-3-5-7-13)21-16(25)10-8-14-9-11-17(29-14)24(27)28/h3-12H,2H2,1H3,(H,20,26)(H,21,25)/b10-8+. The van der Waals surface area contributed by atoms with E-state index in [-0.39, 0.29) is 17.1 Å². The highest BCUT2D eigenvalue weighted by atomic mass is 16.6. The highest BCUT2D eigenvalue weighted by Gasteiger charge is 2.18. The molecule has 1 aromatic carbocycles. The van der Waals surface area contributed by atoms with Crippen LogP contribution in [0.15, 0.2) is 59.2 Å². The molecule has 0 saturated heterocycles. The maximum absolute atomic E-state index is 12.6. The van der Waals surface area contributed by atoms with Crippen molar-refractivity contribution in [2.45, 2.75) is 13.5 Å². The molecule has 0 unspecified atom stereocenters. The summed E-state index contributed by atoms with van der Waals surface area (Å²) in [4.78, 5) is 34.7. The number of amides is 2. The average Bonchev–Trinajstić information content (AvgIpc) is 3.34. The van der Waals surface area contributed by atoms with Crippen LogP contribution in [0.25, 0.3) is 6.08 Å². The highest BCUT2D eigenvalue weighted by Crippen LogP contribution is 2.18. The van der Waals surface area contributed by atoms with Gasteiger partial charge in [0, 0.05) is 24.5 Å². The Balaban J connectivity index is 1.73. The van der Waals surface area contributed by atoms with E-state index in [0.717, 1.165) is 6.08 Å². The lowest BCUT2D eigenvalue weighted by molar-refractivity contribution is -0.402. The van der Waals surface area contributed by atoms with Gasteiger partial charge in [-0.05, 0) is 31.2 Å². The number of para-hydroxylation sites is 1. The van der Waals surface area contributed by atoms with Gasteiger partial charge in [-0.25, -0.2) is 0 Å². The van der Waals surface area contributed by atoms with Gasteiger partial charge >= 0.3 is 5.88 Å². The van der Waals surface area contributed by atoms with Gasteiger partial charge in [-0.1, -0.05) is 18.2 Å². The Labute approximate surface area is 165 Å². The summed E-state index contributed by atoms with van der Waals surface area (Å²) < 4.78 is 6.47. The first-order valence-corrected chi connectivity index (χ1v) is 8.63. The molecule has 0 aliphatic carbocycles. The molecule has 3 aromatic rings. The van der Waals surface area contributed by atoms with E-state index in [2.05, 4.69) is 15.7 Å². The van der Waals surface area contributed by atoms with Crippen LogP contribution < -0.4 is 10.6 Å².